The van der Waals surface area contributed by atoms with Gasteiger partial charge in [0.1, 0.15) is 0 Å². The smallest absolute Gasteiger partial charge is 0.0593 e. The van der Waals surface area contributed by atoms with Crippen LogP contribution in [0.15, 0.2) is 18.2 Å². The lowest BCUT2D eigenvalue weighted by Crippen LogP contribution is -2.43. The fourth-order valence-electron chi connectivity index (χ4n) is 4.71. The van der Waals surface area contributed by atoms with Crippen molar-refractivity contribution in [2.45, 2.75) is 38.8 Å². The average Bonchev–Trinajstić information content (AvgIpc) is 2.93. The summed E-state index contributed by atoms with van der Waals surface area (Å²) in [6.07, 6.45) is 3.63. The van der Waals surface area contributed by atoms with E-state index in [-0.39, 0.29) is 0 Å². The highest BCUT2D eigenvalue weighted by Crippen LogP contribution is 2.36. The Kier molecular flexibility index (Phi) is 5.36. The summed E-state index contributed by atoms with van der Waals surface area (Å²) in [6.45, 7) is 11.1. The van der Waals surface area contributed by atoms with E-state index in [9.17, 15) is 0 Å². The molecule has 138 valence electrons. The molecule has 1 atom stereocenters. The lowest BCUT2D eigenvalue weighted by molar-refractivity contribution is 0.0284. The third-order valence-electron chi connectivity index (χ3n) is 6.03. The Morgan fingerprint density at radius 2 is 2.00 bits per heavy atom. The van der Waals surface area contributed by atoms with Gasteiger partial charge in [-0.3, -0.25) is 14.8 Å². The van der Waals surface area contributed by atoms with E-state index < -0.39 is 0 Å². The molecule has 25 heavy (non-hydrogen) atoms. The van der Waals surface area contributed by atoms with Gasteiger partial charge in [-0.1, -0.05) is 6.07 Å². The minimum absolute atomic E-state index is 0.290. The molecule has 0 amide bonds. The lowest BCUT2D eigenvalue weighted by Gasteiger charge is -2.35. The van der Waals surface area contributed by atoms with Gasteiger partial charge in [-0.25, -0.2) is 0 Å². The van der Waals surface area contributed by atoms with Crippen LogP contribution in [0.4, 0.5) is 0 Å². The van der Waals surface area contributed by atoms with E-state index in [1.807, 2.05) is 0 Å². The molecule has 3 fully saturated rings. The van der Waals surface area contributed by atoms with Gasteiger partial charge in [-0.05, 0) is 44.9 Å². The topological polar surface area (TPSA) is 37.8 Å². The molecule has 1 spiro atoms. The number of ether oxygens (including phenoxy) is 2. The first-order chi connectivity index (χ1) is 12.2. The lowest BCUT2D eigenvalue weighted by atomic mass is 9.87. The van der Waals surface area contributed by atoms with Crippen molar-refractivity contribution >= 4 is 0 Å². The maximum atomic E-state index is 6.05. The Labute approximate surface area is 151 Å². The molecule has 0 aliphatic carbocycles. The number of hydrogen-bond acceptors (Lipinski definition) is 5. The molecule has 0 radical (unpaired) electrons. The quantitative estimate of drug-likeness (QED) is 0.839. The Morgan fingerprint density at radius 1 is 1.12 bits per heavy atom. The van der Waals surface area contributed by atoms with Crippen molar-refractivity contribution in [2.24, 2.45) is 5.41 Å². The van der Waals surface area contributed by atoms with Crippen LogP contribution >= 0.6 is 0 Å². The van der Waals surface area contributed by atoms with Crippen LogP contribution in [0.1, 0.15) is 30.7 Å². The fraction of sp³-hybridized carbons (Fsp3) is 0.750. The number of aromatic nitrogens is 1. The van der Waals surface area contributed by atoms with Crippen molar-refractivity contribution in [3.63, 3.8) is 0 Å². The normalized spacial score (nSPS) is 30.0. The molecule has 5 heteroatoms. The molecule has 1 aromatic rings. The molecule has 4 heterocycles. The van der Waals surface area contributed by atoms with E-state index in [4.69, 9.17) is 14.5 Å². The van der Waals surface area contributed by atoms with Gasteiger partial charge in [-0.15, -0.1) is 0 Å². The first-order valence-corrected chi connectivity index (χ1v) is 9.77. The SMILES string of the molecule is Cc1cccc(CN2CCOC[C@@]3(CCN(C4CCOCC4)C3)C2)n1. The number of rotatable bonds is 3. The van der Waals surface area contributed by atoms with Crippen LogP contribution in [0.2, 0.25) is 0 Å². The first kappa shape index (κ1) is 17.4. The van der Waals surface area contributed by atoms with E-state index >= 15 is 0 Å². The number of hydrogen-bond donors (Lipinski definition) is 0. The molecule has 0 saturated carbocycles. The van der Waals surface area contributed by atoms with E-state index in [2.05, 4.69) is 34.9 Å². The van der Waals surface area contributed by atoms with Crippen LogP contribution in [0, 0.1) is 12.3 Å². The van der Waals surface area contributed by atoms with Crippen LogP contribution in [-0.4, -0.2) is 73.4 Å². The van der Waals surface area contributed by atoms with Crippen molar-refractivity contribution in [2.75, 3.05) is 52.6 Å². The zero-order chi connectivity index (χ0) is 17.1. The van der Waals surface area contributed by atoms with E-state index in [0.717, 1.165) is 51.8 Å². The standard InChI is InChI=1S/C20H31N3O2/c1-17-3-2-4-18(21-17)13-22-9-12-25-16-20(14-22)7-8-23(15-20)19-5-10-24-11-6-19/h2-4,19H,5-16H2,1H3/t20-/m0/s1. The molecule has 0 bridgehead atoms. The maximum Gasteiger partial charge on any atom is 0.0593 e. The summed E-state index contributed by atoms with van der Waals surface area (Å²) in [6, 6.07) is 7.04. The molecular formula is C20H31N3O2. The zero-order valence-corrected chi connectivity index (χ0v) is 15.5. The van der Waals surface area contributed by atoms with Crippen LogP contribution < -0.4 is 0 Å². The van der Waals surface area contributed by atoms with E-state index in [1.54, 1.807) is 0 Å². The minimum atomic E-state index is 0.290. The first-order valence-electron chi connectivity index (χ1n) is 9.77. The van der Waals surface area contributed by atoms with Crippen LogP contribution in [-0.2, 0) is 16.0 Å². The number of pyridine rings is 1. The molecule has 0 unspecified atom stereocenters. The summed E-state index contributed by atoms with van der Waals surface area (Å²) in [5, 5.41) is 0. The highest BCUT2D eigenvalue weighted by Gasteiger charge is 2.43. The van der Waals surface area contributed by atoms with Gasteiger partial charge >= 0.3 is 0 Å². The van der Waals surface area contributed by atoms with Crippen molar-refractivity contribution in [1.82, 2.24) is 14.8 Å². The van der Waals surface area contributed by atoms with Gasteiger partial charge in [0.05, 0.1) is 18.9 Å². The Balaban J connectivity index is 1.41. The third kappa shape index (κ3) is 4.22. The second-order valence-corrected chi connectivity index (χ2v) is 8.10. The highest BCUT2D eigenvalue weighted by atomic mass is 16.5. The van der Waals surface area contributed by atoms with Crippen molar-refractivity contribution in [3.8, 4) is 0 Å². The molecule has 4 rings (SSSR count). The fourth-order valence-corrected chi connectivity index (χ4v) is 4.71. The van der Waals surface area contributed by atoms with Gasteiger partial charge in [-0.2, -0.15) is 0 Å². The largest absolute Gasteiger partial charge is 0.381 e. The molecule has 1 aromatic heterocycles. The van der Waals surface area contributed by atoms with Crippen LogP contribution in [0.5, 0.6) is 0 Å². The second kappa shape index (κ2) is 7.70. The van der Waals surface area contributed by atoms with Crippen LogP contribution in [0.3, 0.4) is 0 Å². The van der Waals surface area contributed by atoms with Gasteiger partial charge < -0.3 is 9.47 Å². The van der Waals surface area contributed by atoms with Gasteiger partial charge in [0.15, 0.2) is 0 Å². The summed E-state index contributed by atoms with van der Waals surface area (Å²) in [5.41, 5.74) is 2.57. The minimum Gasteiger partial charge on any atom is -0.381 e. The van der Waals surface area contributed by atoms with Crippen molar-refractivity contribution in [1.29, 1.82) is 0 Å². The number of aryl methyl sites for hydroxylation is 1. The Bertz CT molecular complexity index is 576. The van der Waals surface area contributed by atoms with Crippen LogP contribution in [0.25, 0.3) is 0 Å². The molecule has 3 aliphatic rings. The maximum absolute atomic E-state index is 6.05. The summed E-state index contributed by atoms with van der Waals surface area (Å²) in [7, 11) is 0. The number of likely N-dealkylation sites (tertiary alicyclic amines) is 1. The Hall–Kier alpha value is -1.01. The summed E-state index contributed by atoms with van der Waals surface area (Å²) < 4.78 is 11.6. The summed E-state index contributed by atoms with van der Waals surface area (Å²) in [4.78, 5) is 9.96. The zero-order valence-electron chi connectivity index (χ0n) is 15.5. The molecule has 0 N–H and O–H groups in total. The van der Waals surface area contributed by atoms with Crippen molar-refractivity contribution in [3.05, 3.63) is 29.6 Å². The Morgan fingerprint density at radius 3 is 2.84 bits per heavy atom. The summed E-state index contributed by atoms with van der Waals surface area (Å²) >= 11 is 0. The molecule has 0 aromatic carbocycles. The predicted octanol–water partition coefficient (Wildman–Crippen LogP) is 2.09. The van der Waals surface area contributed by atoms with Gasteiger partial charge in [0, 0.05) is 56.5 Å². The second-order valence-electron chi connectivity index (χ2n) is 8.10. The predicted molar refractivity (Wildman–Crippen MR) is 97.5 cm³/mol. The van der Waals surface area contributed by atoms with E-state index in [0.29, 0.717) is 11.5 Å². The molecular weight excluding hydrogens is 314 g/mol. The molecule has 3 saturated heterocycles. The summed E-state index contributed by atoms with van der Waals surface area (Å²) in [5.74, 6) is 0. The third-order valence-corrected chi connectivity index (χ3v) is 6.03. The average molecular weight is 345 g/mol. The monoisotopic (exact) mass is 345 g/mol. The highest BCUT2D eigenvalue weighted by molar-refractivity contribution is 5.10. The van der Waals surface area contributed by atoms with E-state index in [1.165, 1.54) is 38.0 Å². The molecule has 3 aliphatic heterocycles. The molecule has 5 nitrogen and oxygen atoms in total. The number of nitrogens with zero attached hydrogens (tertiary/aromatic N) is 3. The van der Waals surface area contributed by atoms with Crippen molar-refractivity contribution < 1.29 is 9.47 Å². The van der Waals surface area contributed by atoms with Gasteiger partial charge in [0.25, 0.3) is 0 Å². The van der Waals surface area contributed by atoms with Gasteiger partial charge in [0.2, 0.25) is 0 Å².